The molecule has 0 aromatic carbocycles. The molecule has 0 amide bonds. The first-order valence-corrected chi connectivity index (χ1v) is 8.05. The minimum absolute atomic E-state index is 0.864. The highest BCUT2D eigenvalue weighted by Crippen LogP contribution is 2.34. The maximum atomic E-state index is 3.58. The fourth-order valence-electron chi connectivity index (χ4n) is 4.43. The SMILES string of the molecule is CCC1C2CNCC2CN1CCCN1CCCC1. The van der Waals surface area contributed by atoms with Gasteiger partial charge in [-0.25, -0.2) is 0 Å². The van der Waals surface area contributed by atoms with E-state index in [1.54, 1.807) is 0 Å². The summed E-state index contributed by atoms with van der Waals surface area (Å²) in [5, 5.41) is 3.58. The van der Waals surface area contributed by atoms with Crippen molar-refractivity contribution in [1.82, 2.24) is 15.1 Å². The largest absolute Gasteiger partial charge is 0.316 e. The van der Waals surface area contributed by atoms with Gasteiger partial charge in [-0.05, 0) is 76.8 Å². The fraction of sp³-hybridized carbons (Fsp3) is 1.00. The lowest BCUT2D eigenvalue weighted by Crippen LogP contribution is -2.37. The third-order valence-corrected chi connectivity index (χ3v) is 5.36. The molecule has 0 aromatic rings. The summed E-state index contributed by atoms with van der Waals surface area (Å²) in [4.78, 5) is 5.45. The number of nitrogens with one attached hydrogen (secondary N) is 1. The van der Waals surface area contributed by atoms with E-state index in [-0.39, 0.29) is 0 Å². The third-order valence-electron chi connectivity index (χ3n) is 5.36. The van der Waals surface area contributed by atoms with Gasteiger partial charge in [-0.1, -0.05) is 6.92 Å². The molecule has 3 heteroatoms. The average molecular weight is 251 g/mol. The molecule has 104 valence electrons. The molecule has 0 radical (unpaired) electrons. The maximum absolute atomic E-state index is 3.58. The molecule has 3 aliphatic rings. The lowest BCUT2D eigenvalue weighted by molar-refractivity contribution is 0.203. The molecule has 0 aliphatic carbocycles. The number of fused-ring (bicyclic) bond motifs is 1. The van der Waals surface area contributed by atoms with Gasteiger partial charge in [0.15, 0.2) is 0 Å². The van der Waals surface area contributed by atoms with E-state index in [1.165, 1.54) is 71.5 Å². The third kappa shape index (κ3) is 2.59. The molecule has 0 saturated carbocycles. The summed E-state index contributed by atoms with van der Waals surface area (Å²) >= 11 is 0. The van der Waals surface area contributed by atoms with Crippen LogP contribution in [0.25, 0.3) is 0 Å². The van der Waals surface area contributed by atoms with Gasteiger partial charge in [0.25, 0.3) is 0 Å². The summed E-state index contributed by atoms with van der Waals surface area (Å²) in [6, 6.07) is 0.864. The van der Waals surface area contributed by atoms with Crippen molar-refractivity contribution in [2.24, 2.45) is 11.8 Å². The zero-order chi connectivity index (χ0) is 12.4. The van der Waals surface area contributed by atoms with E-state index in [9.17, 15) is 0 Å². The van der Waals surface area contributed by atoms with Crippen molar-refractivity contribution in [1.29, 1.82) is 0 Å². The number of likely N-dealkylation sites (tertiary alicyclic amines) is 2. The van der Waals surface area contributed by atoms with Gasteiger partial charge in [0.2, 0.25) is 0 Å². The molecular weight excluding hydrogens is 222 g/mol. The highest BCUT2D eigenvalue weighted by atomic mass is 15.2. The summed E-state index contributed by atoms with van der Waals surface area (Å²) in [7, 11) is 0. The molecule has 3 fully saturated rings. The van der Waals surface area contributed by atoms with Crippen LogP contribution in [0.4, 0.5) is 0 Å². The lowest BCUT2D eigenvalue weighted by atomic mass is 9.93. The number of nitrogens with zero attached hydrogens (tertiary/aromatic N) is 2. The van der Waals surface area contributed by atoms with Gasteiger partial charge in [0.1, 0.15) is 0 Å². The summed E-state index contributed by atoms with van der Waals surface area (Å²) in [6.45, 7) is 11.6. The van der Waals surface area contributed by atoms with Crippen LogP contribution in [0.1, 0.15) is 32.6 Å². The standard InChI is InChI=1S/C15H29N3/c1-2-15-14-11-16-10-13(14)12-18(15)9-5-8-17-6-3-4-7-17/h13-16H,2-12H2,1H3. The Balaban J connectivity index is 1.44. The molecule has 0 bridgehead atoms. The van der Waals surface area contributed by atoms with Crippen LogP contribution in [-0.2, 0) is 0 Å². The monoisotopic (exact) mass is 251 g/mol. The van der Waals surface area contributed by atoms with Gasteiger partial charge < -0.3 is 10.2 Å². The second kappa shape index (κ2) is 5.89. The van der Waals surface area contributed by atoms with E-state index in [0.717, 1.165) is 17.9 Å². The van der Waals surface area contributed by atoms with Gasteiger partial charge in [-0.15, -0.1) is 0 Å². The van der Waals surface area contributed by atoms with Crippen molar-refractivity contribution in [2.75, 3.05) is 45.8 Å². The van der Waals surface area contributed by atoms with E-state index in [4.69, 9.17) is 0 Å². The van der Waals surface area contributed by atoms with Crippen molar-refractivity contribution in [2.45, 2.75) is 38.6 Å². The summed E-state index contributed by atoms with van der Waals surface area (Å²) in [5.74, 6) is 1.89. The second-order valence-corrected chi connectivity index (χ2v) is 6.46. The van der Waals surface area contributed by atoms with Crippen molar-refractivity contribution in [3.05, 3.63) is 0 Å². The minimum Gasteiger partial charge on any atom is -0.316 e. The van der Waals surface area contributed by atoms with Gasteiger partial charge in [-0.3, -0.25) is 4.90 Å². The van der Waals surface area contributed by atoms with Crippen molar-refractivity contribution in [3.8, 4) is 0 Å². The summed E-state index contributed by atoms with van der Waals surface area (Å²) in [5.41, 5.74) is 0. The Morgan fingerprint density at radius 1 is 1.11 bits per heavy atom. The second-order valence-electron chi connectivity index (χ2n) is 6.46. The van der Waals surface area contributed by atoms with Crippen LogP contribution in [0.15, 0.2) is 0 Å². The first-order chi connectivity index (χ1) is 8.88. The van der Waals surface area contributed by atoms with E-state index >= 15 is 0 Å². The van der Waals surface area contributed by atoms with Crippen LogP contribution >= 0.6 is 0 Å². The van der Waals surface area contributed by atoms with Gasteiger partial charge in [0, 0.05) is 12.6 Å². The van der Waals surface area contributed by atoms with E-state index in [2.05, 4.69) is 22.0 Å². The highest BCUT2D eigenvalue weighted by molar-refractivity contribution is 4.97. The Morgan fingerprint density at radius 2 is 1.94 bits per heavy atom. The van der Waals surface area contributed by atoms with Crippen molar-refractivity contribution >= 4 is 0 Å². The minimum atomic E-state index is 0.864. The topological polar surface area (TPSA) is 18.5 Å². The van der Waals surface area contributed by atoms with Gasteiger partial charge >= 0.3 is 0 Å². The van der Waals surface area contributed by atoms with Crippen LogP contribution in [-0.4, -0.2) is 61.7 Å². The zero-order valence-electron chi connectivity index (χ0n) is 11.9. The van der Waals surface area contributed by atoms with Crippen molar-refractivity contribution in [3.63, 3.8) is 0 Å². The first-order valence-electron chi connectivity index (χ1n) is 8.05. The summed E-state index contributed by atoms with van der Waals surface area (Å²) in [6.07, 6.45) is 5.57. The van der Waals surface area contributed by atoms with Crippen LogP contribution in [0.5, 0.6) is 0 Å². The maximum Gasteiger partial charge on any atom is 0.0137 e. The highest BCUT2D eigenvalue weighted by Gasteiger charge is 2.42. The van der Waals surface area contributed by atoms with Crippen molar-refractivity contribution < 1.29 is 0 Å². The predicted octanol–water partition coefficient (Wildman–Crippen LogP) is 1.40. The molecule has 0 aromatic heterocycles. The molecule has 3 heterocycles. The average Bonchev–Trinajstić information content (AvgIpc) is 3.04. The number of rotatable bonds is 5. The molecule has 18 heavy (non-hydrogen) atoms. The van der Waals surface area contributed by atoms with Gasteiger partial charge in [-0.2, -0.15) is 0 Å². The Labute approximate surface area is 112 Å². The Kier molecular flexibility index (Phi) is 4.22. The van der Waals surface area contributed by atoms with Crippen LogP contribution in [0.3, 0.4) is 0 Å². The Bertz CT molecular complexity index is 262. The number of hydrogen-bond acceptors (Lipinski definition) is 3. The molecule has 3 unspecified atom stereocenters. The quantitative estimate of drug-likeness (QED) is 0.797. The van der Waals surface area contributed by atoms with Crippen LogP contribution in [0.2, 0.25) is 0 Å². The first kappa shape index (κ1) is 12.9. The summed E-state index contributed by atoms with van der Waals surface area (Å²) < 4.78 is 0. The van der Waals surface area contributed by atoms with Crippen LogP contribution < -0.4 is 5.32 Å². The molecule has 0 spiro atoms. The lowest BCUT2D eigenvalue weighted by Gasteiger charge is -2.27. The molecule has 3 saturated heterocycles. The zero-order valence-corrected chi connectivity index (χ0v) is 11.9. The Hall–Kier alpha value is -0.120. The predicted molar refractivity (Wildman–Crippen MR) is 75.8 cm³/mol. The molecule has 1 N–H and O–H groups in total. The van der Waals surface area contributed by atoms with E-state index in [0.29, 0.717) is 0 Å². The normalized spacial score (nSPS) is 37.5. The van der Waals surface area contributed by atoms with E-state index < -0.39 is 0 Å². The molecule has 3 aliphatic heterocycles. The molecular formula is C15H29N3. The van der Waals surface area contributed by atoms with Gasteiger partial charge in [0.05, 0.1) is 0 Å². The molecule has 3 rings (SSSR count). The Morgan fingerprint density at radius 3 is 2.72 bits per heavy atom. The number of hydrogen-bond donors (Lipinski definition) is 1. The van der Waals surface area contributed by atoms with Crippen LogP contribution in [0, 0.1) is 11.8 Å². The van der Waals surface area contributed by atoms with E-state index in [1.807, 2.05) is 0 Å². The molecule has 3 nitrogen and oxygen atoms in total. The fourth-order valence-corrected chi connectivity index (χ4v) is 4.43. The smallest absolute Gasteiger partial charge is 0.0137 e. The molecule has 3 atom stereocenters.